The van der Waals surface area contributed by atoms with Crippen molar-refractivity contribution < 1.29 is 28.7 Å². The molecule has 222 valence electrons. The van der Waals surface area contributed by atoms with Gasteiger partial charge in [0.1, 0.15) is 11.4 Å². The number of imide groups is 1. The molecule has 44 heavy (non-hydrogen) atoms. The van der Waals surface area contributed by atoms with E-state index in [2.05, 4.69) is 15.3 Å². The van der Waals surface area contributed by atoms with Crippen molar-refractivity contribution in [1.82, 2.24) is 25.1 Å². The van der Waals surface area contributed by atoms with Crippen molar-refractivity contribution in [1.29, 1.82) is 0 Å². The summed E-state index contributed by atoms with van der Waals surface area (Å²) in [5, 5.41) is 3.79. The fourth-order valence-electron chi connectivity index (χ4n) is 6.98. The zero-order valence-corrected chi connectivity index (χ0v) is 24.6. The number of carbonyl (C=O) groups excluding carboxylic acids is 5. The van der Waals surface area contributed by atoms with Crippen LogP contribution in [0.1, 0.15) is 53.6 Å². The highest BCUT2D eigenvalue weighted by atomic mass is 16.5. The van der Waals surface area contributed by atoms with Crippen LogP contribution in [-0.4, -0.2) is 82.5 Å². The summed E-state index contributed by atoms with van der Waals surface area (Å²) in [5.41, 5.74) is 2.29. The molecule has 11 nitrogen and oxygen atoms in total. The van der Waals surface area contributed by atoms with E-state index in [1.54, 1.807) is 24.4 Å². The number of aryl methyl sites for hydroxylation is 1. The SMILES string of the molecule is COc1ccc(C)c2c1CC1(C(=O)N(C)C(=O)N1C)C1=C2C(=O)c2[nH]cc(CCNC(=O)c3cc4ccccc4[nH]3)c2C1=O. The first-order chi connectivity index (χ1) is 21.1. The monoisotopic (exact) mass is 591 g/mol. The van der Waals surface area contributed by atoms with E-state index >= 15 is 0 Å². The van der Waals surface area contributed by atoms with Gasteiger partial charge in [-0.25, -0.2) is 4.79 Å². The second kappa shape index (κ2) is 9.53. The number of amides is 4. The van der Waals surface area contributed by atoms with Crippen molar-refractivity contribution in [2.45, 2.75) is 25.3 Å². The summed E-state index contributed by atoms with van der Waals surface area (Å²) in [6.45, 7) is 2.03. The van der Waals surface area contributed by atoms with Gasteiger partial charge in [-0.15, -0.1) is 0 Å². The minimum absolute atomic E-state index is 0.00739. The summed E-state index contributed by atoms with van der Waals surface area (Å²) in [4.78, 5) is 77.2. The van der Waals surface area contributed by atoms with Crippen molar-refractivity contribution in [2.75, 3.05) is 27.7 Å². The minimum Gasteiger partial charge on any atom is -0.496 e. The van der Waals surface area contributed by atoms with E-state index in [4.69, 9.17) is 4.74 Å². The number of rotatable bonds is 5. The van der Waals surface area contributed by atoms with Crippen molar-refractivity contribution in [3.8, 4) is 5.75 Å². The summed E-state index contributed by atoms with van der Waals surface area (Å²) in [5.74, 6) is -1.36. The predicted octanol–water partition coefficient (Wildman–Crippen LogP) is 3.44. The average molecular weight is 592 g/mol. The number of hydrogen-bond donors (Lipinski definition) is 3. The van der Waals surface area contributed by atoms with E-state index in [0.717, 1.165) is 21.4 Å². The summed E-state index contributed by atoms with van der Waals surface area (Å²) in [7, 11) is 4.35. The van der Waals surface area contributed by atoms with Gasteiger partial charge in [0, 0.05) is 60.9 Å². The molecular weight excluding hydrogens is 562 g/mol. The number of carbonyl (C=O) groups is 5. The standard InChI is InChI=1S/C33H29N5O6/c1-16-9-10-22(44-4)19-14-33(31(42)37(2)32(43)38(33)3)26-25(23(16)19)29(40)27-24(28(26)39)18(15-35-27)11-12-34-30(41)21-13-17-7-5-6-8-20(17)36-21/h5-10,13,15,35-36H,11-12,14H2,1-4H3,(H,34,41). The molecule has 2 aliphatic carbocycles. The molecule has 0 saturated carbocycles. The van der Waals surface area contributed by atoms with E-state index < -0.39 is 29.0 Å². The number of aromatic amines is 2. The van der Waals surface area contributed by atoms with Crippen LogP contribution in [0.5, 0.6) is 5.75 Å². The Hall–Kier alpha value is -5.45. The predicted molar refractivity (Wildman–Crippen MR) is 161 cm³/mol. The first-order valence-electron chi connectivity index (χ1n) is 14.2. The second-order valence-corrected chi connectivity index (χ2v) is 11.4. The van der Waals surface area contributed by atoms with Crippen LogP contribution >= 0.6 is 0 Å². The molecule has 1 spiro atoms. The van der Waals surface area contributed by atoms with Crippen LogP contribution in [0.3, 0.4) is 0 Å². The summed E-state index contributed by atoms with van der Waals surface area (Å²) >= 11 is 0. The number of urea groups is 1. The number of benzene rings is 2. The average Bonchev–Trinajstić information content (AvgIpc) is 3.69. The number of hydrogen-bond acceptors (Lipinski definition) is 6. The van der Waals surface area contributed by atoms with Crippen molar-refractivity contribution in [3.63, 3.8) is 0 Å². The lowest BCUT2D eigenvalue weighted by Crippen LogP contribution is -2.56. The van der Waals surface area contributed by atoms with E-state index in [9.17, 15) is 24.0 Å². The first kappa shape index (κ1) is 27.4. The van der Waals surface area contributed by atoms with Gasteiger partial charge in [0.25, 0.3) is 11.8 Å². The van der Waals surface area contributed by atoms with Gasteiger partial charge >= 0.3 is 6.03 Å². The maximum atomic E-state index is 14.6. The quantitative estimate of drug-likeness (QED) is 0.303. The smallest absolute Gasteiger partial charge is 0.327 e. The Kier molecular flexibility index (Phi) is 5.93. The zero-order valence-electron chi connectivity index (χ0n) is 24.6. The molecule has 4 aromatic rings. The lowest BCUT2D eigenvalue weighted by Gasteiger charge is -2.42. The number of para-hydroxylation sites is 1. The molecule has 2 aromatic heterocycles. The number of likely N-dealkylation sites (N-methyl/N-ethyl adjacent to an activating group) is 2. The first-order valence-corrected chi connectivity index (χ1v) is 14.2. The number of nitrogens with zero attached hydrogens (tertiary/aromatic N) is 2. The number of methoxy groups -OCH3 is 1. The molecule has 3 heterocycles. The fourth-order valence-corrected chi connectivity index (χ4v) is 6.98. The molecule has 1 atom stereocenters. The van der Waals surface area contributed by atoms with Gasteiger partial charge in [0.2, 0.25) is 5.78 Å². The van der Waals surface area contributed by atoms with Gasteiger partial charge < -0.3 is 24.9 Å². The third-order valence-electron chi connectivity index (χ3n) is 9.17. The Bertz CT molecular complexity index is 1980. The molecule has 1 unspecified atom stereocenters. The van der Waals surface area contributed by atoms with Crippen LogP contribution in [0.25, 0.3) is 16.5 Å². The van der Waals surface area contributed by atoms with Gasteiger partial charge in [-0.2, -0.15) is 0 Å². The largest absolute Gasteiger partial charge is 0.496 e. The number of Topliss-reactive ketones (excluding diaryl/α,β-unsaturated/α-hetero) is 2. The molecule has 2 aromatic carbocycles. The third-order valence-corrected chi connectivity index (χ3v) is 9.17. The van der Waals surface area contributed by atoms with Gasteiger partial charge in [-0.3, -0.25) is 24.1 Å². The maximum Gasteiger partial charge on any atom is 0.327 e. The maximum absolute atomic E-state index is 14.6. The Labute approximate surface area is 251 Å². The molecule has 3 N–H and O–H groups in total. The number of ether oxygens (including phenoxy) is 1. The molecule has 1 fully saturated rings. The number of nitrogens with one attached hydrogen (secondary N) is 3. The van der Waals surface area contributed by atoms with Crippen molar-refractivity contribution >= 4 is 45.9 Å². The molecule has 7 rings (SSSR count). The lowest BCUT2D eigenvalue weighted by molar-refractivity contribution is -0.130. The van der Waals surface area contributed by atoms with Crippen LogP contribution in [0.4, 0.5) is 4.79 Å². The Morgan fingerprint density at radius 1 is 1.05 bits per heavy atom. The highest BCUT2D eigenvalue weighted by Gasteiger charge is 2.63. The van der Waals surface area contributed by atoms with Crippen LogP contribution in [0, 0.1) is 6.92 Å². The van der Waals surface area contributed by atoms with Crippen LogP contribution in [-0.2, 0) is 17.6 Å². The number of ketones is 2. The zero-order chi connectivity index (χ0) is 31.1. The van der Waals surface area contributed by atoms with Gasteiger partial charge in [-0.1, -0.05) is 24.3 Å². The summed E-state index contributed by atoms with van der Waals surface area (Å²) in [6, 6.07) is 12.3. The fraction of sp³-hybridized carbons (Fsp3) is 0.242. The molecule has 1 saturated heterocycles. The minimum atomic E-state index is -1.72. The topological polar surface area (TPSA) is 145 Å². The van der Waals surface area contributed by atoms with Crippen molar-refractivity contribution in [2.24, 2.45) is 0 Å². The molecular formula is C33H29N5O6. The lowest BCUT2D eigenvalue weighted by atomic mass is 9.65. The van der Waals surface area contributed by atoms with Crippen molar-refractivity contribution in [3.05, 3.63) is 93.4 Å². The summed E-state index contributed by atoms with van der Waals surface area (Å²) in [6.07, 6.45) is 1.82. The van der Waals surface area contributed by atoms with Crippen LogP contribution < -0.4 is 10.1 Å². The van der Waals surface area contributed by atoms with E-state index in [-0.39, 0.29) is 47.7 Å². The highest BCUT2D eigenvalue weighted by molar-refractivity contribution is 6.43. The van der Waals surface area contributed by atoms with Crippen LogP contribution in [0.2, 0.25) is 0 Å². The van der Waals surface area contributed by atoms with E-state index in [1.165, 1.54) is 26.1 Å². The van der Waals surface area contributed by atoms with E-state index in [1.807, 2.05) is 31.2 Å². The van der Waals surface area contributed by atoms with Gasteiger partial charge in [0.05, 0.1) is 18.4 Å². The Morgan fingerprint density at radius 2 is 1.82 bits per heavy atom. The highest BCUT2D eigenvalue weighted by Crippen LogP contribution is 2.51. The molecule has 4 amide bonds. The Balaban J connectivity index is 1.28. The van der Waals surface area contributed by atoms with Gasteiger partial charge in [0.15, 0.2) is 11.3 Å². The van der Waals surface area contributed by atoms with Gasteiger partial charge in [-0.05, 0) is 48.2 Å². The molecule has 1 aliphatic heterocycles. The number of allylic oxidation sites excluding steroid dienone is 1. The molecule has 11 heteroatoms. The third kappa shape index (κ3) is 3.52. The second-order valence-electron chi connectivity index (χ2n) is 11.4. The summed E-state index contributed by atoms with van der Waals surface area (Å²) < 4.78 is 5.63. The number of H-pyrrole nitrogens is 2. The molecule has 0 radical (unpaired) electrons. The molecule has 0 bridgehead atoms. The normalized spacial score (nSPS) is 19.2. The Morgan fingerprint density at radius 3 is 2.52 bits per heavy atom. The number of fused-ring (bicyclic) bond motifs is 5. The van der Waals surface area contributed by atoms with Crippen LogP contribution in [0.15, 0.2) is 54.2 Å². The number of aromatic nitrogens is 2. The van der Waals surface area contributed by atoms with E-state index in [0.29, 0.717) is 28.1 Å². The molecule has 3 aliphatic rings.